The molecule has 1 atom stereocenters. The van der Waals surface area contributed by atoms with Crippen molar-refractivity contribution >= 4 is 33.0 Å². The molecule has 4 heteroatoms. The van der Waals surface area contributed by atoms with Gasteiger partial charge in [-0.05, 0) is 47.6 Å². The molecule has 0 aliphatic heterocycles. The van der Waals surface area contributed by atoms with Crippen LogP contribution in [0.5, 0.6) is 0 Å². The van der Waals surface area contributed by atoms with Gasteiger partial charge in [0.15, 0.2) is 0 Å². The molecule has 1 N–H and O–H groups in total. The minimum absolute atomic E-state index is 0.153. The maximum absolute atomic E-state index is 12.9. The van der Waals surface area contributed by atoms with Crippen molar-refractivity contribution in [1.29, 1.82) is 5.26 Å². The van der Waals surface area contributed by atoms with Crippen molar-refractivity contribution in [2.24, 2.45) is 5.92 Å². The number of carbonyl (C=O) groups excluding carboxylic acids is 1. The van der Waals surface area contributed by atoms with Gasteiger partial charge in [0, 0.05) is 10.4 Å². The van der Waals surface area contributed by atoms with E-state index in [1.807, 2.05) is 42.5 Å². The number of amides is 1. The molecule has 2 aromatic carbocycles. The Bertz CT molecular complexity index is 1010. The molecule has 1 aliphatic rings. The minimum atomic E-state index is -0.153. The highest BCUT2D eigenvalue weighted by molar-refractivity contribution is 7.16. The molecule has 0 bridgehead atoms. The lowest BCUT2D eigenvalue weighted by Gasteiger charge is -2.17. The summed E-state index contributed by atoms with van der Waals surface area (Å²) >= 11 is 1.56. The second kappa shape index (κ2) is 6.34. The predicted molar refractivity (Wildman–Crippen MR) is 102 cm³/mol. The van der Waals surface area contributed by atoms with Gasteiger partial charge in [-0.25, -0.2) is 0 Å². The number of nitriles is 1. The molecule has 0 radical (unpaired) electrons. The molecule has 0 saturated heterocycles. The van der Waals surface area contributed by atoms with E-state index in [1.54, 1.807) is 11.3 Å². The number of fused-ring (bicyclic) bond motifs is 2. The largest absolute Gasteiger partial charge is 0.312 e. The van der Waals surface area contributed by atoms with Crippen molar-refractivity contribution in [1.82, 2.24) is 0 Å². The molecule has 3 nitrogen and oxygen atoms in total. The number of hydrogen-bond acceptors (Lipinski definition) is 3. The molecule has 3 aromatic rings. The highest BCUT2D eigenvalue weighted by Crippen LogP contribution is 2.39. The number of nitrogens with zero attached hydrogens (tertiary/aromatic N) is 1. The number of benzene rings is 2. The van der Waals surface area contributed by atoms with Crippen LogP contribution in [-0.4, -0.2) is 5.91 Å². The fraction of sp³-hybridized carbons (Fsp3) is 0.238. The van der Waals surface area contributed by atoms with Gasteiger partial charge < -0.3 is 5.32 Å². The number of nitrogens with one attached hydrogen (secondary N) is 1. The minimum Gasteiger partial charge on any atom is -0.312 e. The maximum atomic E-state index is 12.9. The number of hydrogen-bond donors (Lipinski definition) is 1. The third kappa shape index (κ3) is 2.81. The van der Waals surface area contributed by atoms with Crippen molar-refractivity contribution in [3.8, 4) is 6.07 Å². The predicted octanol–water partition coefficient (Wildman–Crippen LogP) is 5.15. The second-order valence-electron chi connectivity index (χ2n) is 6.65. The Morgan fingerprint density at radius 3 is 2.88 bits per heavy atom. The highest BCUT2D eigenvalue weighted by Gasteiger charge is 2.25. The average molecular weight is 346 g/mol. The van der Waals surface area contributed by atoms with Crippen LogP contribution in [-0.2, 0) is 12.8 Å². The second-order valence-corrected chi connectivity index (χ2v) is 7.75. The van der Waals surface area contributed by atoms with Crippen LogP contribution in [0.3, 0.4) is 0 Å². The third-order valence-corrected chi connectivity index (χ3v) is 6.09. The Hall–Kier alpha value is -2.64. The lowest BCUT2D eigenvalue weighted by molar-refractivity contribution is 0.102. The van der Waals surface area contributed by atoms with E-state index in [-0.39, 0.29) is 5.91 Å². The fourth-order valence-corrected chi connectivity index (χ4v) is 4.75. The molecular formula is C21H18N2OS. The molecule has 0 saturated carbocycles. The molecule has 25 heavy (non-hydrogen) atoms. The summed E-state index contributed by atoms with van der Waals surface area (Å²) in [4.78, 5) is 14.1. The van der Waals surface area contributed by atoms with E-state index in [0.29, 0.717) is 22.0 Å². The monoisotopic (exact) mass is 346 g/mol. The fourth-order valence-electron chi connectivity index (χ4n) is 3.56. The van der Waals surface area contributed by atoms with Crippen LogP contribution in [0.15, 0.2) is 42.5 Å². The molecule has 1 unspecified atom stereocenters. The van der Waals surface area contributed by atoms with Crippen LogP contribution in [0.4, 0.5) is 5.00 Å². The maximum Gasteiger partial charge on any atom is 0.256 e. The Morgan fingerprint density at radius 1 is 1.24 bits per heavy atom. The first kappa shape index (κ1) is 15.9. The number of aryl methyl sites for hydroxylation is 1. The normalized spacial score (nSPS) is 16.2. The van der Waals surface area contributed by atoms with E-state index in [1.165, 1.54) is 4.88 Å². The van der Waals surface area contributed by atoms with Gasteiger partial charge in [0.25, 0.3) is 5.91 Å². The van der Waals surface area contributed by atoms with Crippen LogP contribution in [0.2, 0.25) is 0 Å². The quantitative estimate of drug-likeness (QED) is 0.697. The summed E-state index contributed by atoms with van der Waals surface area (Å²) in [6, 6.07) is 15.9. The molecule has 1 aliphatic carbocycles. The number of anilines is 1. The van der Waals surface area contributed by atoms with E-state index in [9.17, 15) is 10.1 Å². The van der Waals surface area contributed by atoms with Gasteiger partial charge in [0.2, 0.25) is 0 Å². The Kier molecular flexibility index (Phi) is 4.03. The molecule has 1 heterocycles. The van der Waals surface area contributed by atoms with Gasteiger partial charge in [-0.3, -0.25) is 4.79 Å². The summed E-state index contributed by atoms with van der Waals surface area (Å²) < 4.78 is 0. The SMILES string of the molecule is CC1CCc2sc(NC(=O)c3cccc4ccccc34)c(C#N)c2C1. The Balaban J connectivity index is 1.71. The summed E-state index contributed by atoms with van der Waals surface area (Å²) in [6.07, 6.45) is 3.08. The summed E-state index contributed by atoms with van der Waals surface area (Å²) in [5.74, 6) is 0.441. The Morgan fingerprint density at radius 2 is 2.04 bits per heavy atom. The molecule has 124 valence electrons. The first-order valence-corrected chi connectivity index (χ1v) is 9.32. The van der Waals surface area contributed by atoms with Crippen molar-refractivity contribution in [2.45, 2.75) is 26.2 Å². The molecular weight excluding hydrogens is 328 g/mol. The number of carbonyl (C=O) groups is 1. The first-order chi connectivity index (χ1) is 12.2. The lowest BCUT2D eigenvalue weighted by atomic mass is 9.88. The Labute approximate surface area is 150 Å². The lowest BCUT2D eigenvalue weighted by Crippen LogP contribution is -2.13. The summed E-state index contributed by atoms with van der Waals surface area (Å²) in [6.45, 7) is 2.22. The first-order valence-electron chi connectivity index (χ1n) is 8.51. The summed E-state index contributed by atoms with van der Waals surface area (Å²) in [5, 5.41) is 15.3. The van der Waals surface area contributed by atoms with E-state index < -0.39 is 0 Å². The van der Waals surface area contributed by atoms with Gasteiger partial charge in [-0.15, -0.1) is 11.3 Å². The van der Waals surface area contributed by atoms with Gasteiger partial charge in [0.05, 0.1) is 5.56 Å². The van der Waals surface area contributed by atoms with Gasteiger partial charge in [0.1, 0.15) is 11.1 Å². The topological polar surface area (TPSA) is 52.9 Å². The van der Waals surface area contributed by atoms with E-state index >= 15 is 0 Å². The summed E-state index contributed by atoms with van der Waals surface area (Å²) in [7, 11) is 0. The summed E-state index contributed by atoms with van der Waals surface area (Å²) in [5.41, 5.74) is 2.43. The number of thiophene rings is 1. The molecule has 1 amide bonds. The smallest absolute Gasteiger partial charge is 0.256 e. The molecule has 1 aromatic heterocycles. The van der Waals surface area contributed by atoms with Crippen molar-refractivity contribution < 1.29 is 4.79 Å². The van der Waals surface area contributed by atoms with Crippen LogP contribution in [0, 0.1) is 17.2 Å². The zero-order valence-corrected chi connectivity index (χ0v) is 14.8. The molecule has 0 spiro atoms. The van der Waals surface area contributed by atoms with Crippen molar-refractivity contribution in [3.05, 3.63) is 64.0 Å². The standard InChI is InChI=1S/C21H18N2OS/c1-13-9-10-19-17(11-13)18(12-22)21(25-19)23-20(24)16-8-4-6-14-5-2-3-7-15(14)16/h2-8,13H,9-11H2,1H3,(H,23,24). The van der Waals surface area contributed by atoms with Gasteiger partial charge >= 0.3 is 0 Å². The van der Waals surface area contributed by atoms with E-state index in [4.69, 9.17) is 0 Å². The van der Waals surface area contributed by atoms with Gasteiger partial charge in [-0.1, -0.05) is 43.3 Å². The average Bonchev–Trinajstić information content (AvgIpc) is 2.97. The van der Waals surface area contributed by atoms with Crippen LogP contribution >= 0.6 is 11.3 Å². The third-order valence-electron chi connectivity index (χ3n) is 4.88. The zero-order valence-electron chi connectivity index (χ0n) is 14.0. The number of rotatable bonds is 2. The van der Waals surface area contributed by atoms with Crippen molar-refractivity contribution in [2.75, 3.05) is 5.32 Å². The molecule has 4 rings (SSSR count). The van der Waals surface area contributed by atoms with Crippen LogP contribution < -0.4 is 5.32 Å². The van der Waals surface area contributed by atoms with E-state index in [0.717, 1.165) is 35.6 Å². The van der Waals surface area contributed by atoms with Crippen LogP contribution in [0.25, 0.3) is 10.8 Å². The van der Waals surface area contributed by atoms with E-state index in [2.05, 4.69) is 18.3 Å². The van der Waals surface area contributed by atoms with Gasteiger partial charge in [-0.2, -0.15) is 5.26 Å². The highest BCUT2D eigenvalue weighted by atomic mass is 32.1. The van der Waals surface area contributed by atoms with Crippen molar-refractivity contribution in [3.63, 3.8) is 0 Å². The molecule has 0 fully saturated rings. The zero-order chi connectivity index (χ0) is 17.4. The van der Waals surface area contributed by atoms with Crippen LogP contribution in [0.1, 0.15) is 39.7 Å².